The monoisotopic (exact) mass is 263 g/mol. The van der Waals surface area contributed by atoms with Crippen molar-refractivity contribution in [3.63, 3.8) is 0 Å². The van der Waals surface area contributed by atoms with Crippen molar-refractivity contribution in [2.45, 2.75) is 12.6 Å². The first-order valence-corrected chi connectivity index (χ1v) is 5.70. The molecule has 2 N–H and O–H groups in total. The van der Waals surface area contributed by atoms with E-state index in [4.69, 9.17) is 28.3 Å². The molecular weight excluding hydrogens is 249 g/mol. The third-order valence-corrected chi connectivity index (χ3v) is 2.78. The highest BCUT2D eigenvalue weighted by Crippen LogP contribution is 2.21. The summed E-state index contributed by atoms with van der Waals surface area (Å²) in [6.45, 7) is 0.765. The minimum absolute atomic E-state index is 0.237. The summed E-state index contributed by atoms with van der Waals surface area (Å²) in [6, 6.07) is 5.32. The number of benzene rings is 1. The maximum Gasteiger partial charge on any atom is 0.0897 e. The molecule has 0 aliphatic rings. The molecule has 3 nitrogen and oxygen atoms in total. The van der Waals surface area contributed by atoms with Gasteiger partial charge >= 0.3 is 0 Å². The summed E-state index contributed by atoms with van der Waals surface area (Å²) < 4.78 is 0. The van der Waals surface area contributed by atoms with Crippen molar-refractivity contribution in [2.24, 2.45) is 0 Å². The zero-order valence-electron chi connectivity index (χ0n) is 9.03. The Morgan fingerprint density at radius 1 is 1.38 bits per heavy atom. The van der Waals surface area contributed by atoms with Crippen molar-refractivity contribution < 1.29 is 10.2 Å². The molecule has 0 aromatic heterocycles. The normalized spacial score (nSPS) is 13.1. The van der Waals surface area contributed by atoms with E-state index in [9.17, 15) is 5.11 Å². The number of nitrogens with zero attached hydrogens (tertiary/aromatic N) is 1. The van der Waals surface area contributed by atoms with Crippen LogP contribution in [0.1, 0.15) is 5.56 Å². The van der Waals surface area contributed by atoms with Crippen LogP contribution >= 0.6 is 23.2 Å². The van der Waals surface area contributed by atoms with Crippen LogP contribution in [0.3, 0.4) is 0 Å². The summed E-state index contributed by atoms with van der Waals surface area (Å²) in [5.74, 6) is 0. The molecule has 1 unspecified atom stereocenters. The van der Waals surface area contributed by atoms with Gasteiger partial charge in [-0.15, -0.1) is 0 Å². The lowest BCUT2D eigenvalue weighted by Gasteiger charge is -2.19. The van der Waals surface area contributed by atoms with Crippen LogP contribution in [-0.4, -0.2) is 41.4 Å². The average Bonchev–Trinajstić information content (AvgIpc) is 2.22. The van der Waals surface area contributed by atoms with Gasteiger partial charge in [0, 0.05) is 23.1 Å². The Hall–Kier alpha value is -0.320. The number of aliphatic hydroxyl groups excluding tert-OH is 2. The predicted octanol–water partition coefficient (Wildman–Crippen LogP) is 1.78. The molecule has 0 spiro atoms. The SMILES string of the molecule is CN(Cc1ccc(Cl)cc1Cl)CC(O)CO. The molecule has 1 atom stereocenters. The van der Waals surface area contributed by atoms with E-state index in [1.807, 2.05) is 18.0 Å². The minimum atomic E-state index is -0.726. The van der Waals surface area contributed by atoms with E-state index in [2.05, 4.69) is 0 Å². The second-order valence-electron chi connectivity index (χ2n) is 3.77. The van der Waals surface area contributed by atoms with Crippen LogP contribution in [0.4, 0.5) is 0 Å². The summed E-state index contributed by atoms with van der Waals surface area (Å²) >= 11 is 11.8. The largest absolute Gasteiger partial charge is 0.394 e. The van der Waals surface area contributed by atoms with Crippen molar-refractivity contribution in [3.8, 4) is 0 Å². The van der Waals surface area contributed by atoms with E-state index < -0.39 is 6.10 Å². The maximum atomic E-state index is 9.27. The van der Waals surface area contributed by atoms with Crippen LogP contribution in [0.25, 0.3) is 0 Å². The van der Waals surface area contributed by atoms with Gasteiger partial charge in [-0.3, -0.25) is 4.90 Å². The lowest BCUT2D eigenvalue weighted by atomic mass is 10.2. The molecule has 1 aromatic carbocycles. The highest BCUT2D eigenvalue weighted by molar-refractivity contribution is 6.35. The Bertz CT molecular complexity index is 347. The number of hydrogen-bond acceptors (Lipinski definition) is 3. The molecule has 0 bridgehead atoms. The third kappa shape index (κ3) is 4.28. The van der Waals surface area contributed by atoms with E-state index in [1.165, 1.54) is 0 Å². The highest BCUT2D eigenvalue weighted by atomic mass is 35.5. The molecule has 1 rings (SSSR count). The van der Waals surface area contributed by atoms with Crippen LogP contribution in [-0.2, 0) is 6.54 Å². The molecule has 0 aliphatic carbocycles. The molecule has 0 fully saturated rings. The van der Waals surface area contributed by atoms with Crippen LogP contribution in [0.15, 0.2) is 18.2 Å². The Balaban J connectivity index is 2.59. The Morgan fingerprint density at radius 2 is 2.06 bits per heavy atom. The first kappa shape index (κ1) is 13.7. The number of hydrogen-bond donors (Lipinski definition) is 2. The average molecular weight is 264 g/mol. The molecule has 0 saturated heterocycles. The smallest absolute Gasteiger partial charge is 0.0897 e. The van der Waals surface area contributed by atoms with Gasteiger partial charge in [-0.05, 0) is 24.7 Å². The van der Waals surface area contributed by atoms with Gasteiger partial charge in [-0.25, -0.2) is 0 Å². The summed E-state index contributed by atoms with van der Waals surface area (Å²) in [4.78, 5) is 1.88. The summed E-state index contributed by atoms with van der Waals surface area (Å²) in [6.07, 6.45) is -0.726. The zero-order valence-corrected chi connectivity index (χ0v) is 10.5. The molecule has 0 saturated carbocycles. The molecule has 0 heterocycles. The minimum Gasteiger partial charge on any atom is -0.394 e. The molecule has 16 heavy (non-hydrogen) atoms. The van der Waals surface area contributed by atoms with E-state index in [1.54, 1.807) is 12.1 Å². The van der Waals surface area contributed by atoms with Gasteiger partial charge in [-0.1, -0.05) is 29.3 Å². The highest BCUT2D eigenvalue weighted by Gasteiger charge is 2.09. The summed E-state index contributed by atoms with van der Waals surface area (Å²) in [5.41, 5.74) is 0.943. The third-order valence-electron chi connectivity index (χ3n) is 2.19. The first-order valence-electron chi connectivity index (χ1n) is 4.94. The van der Waals surface area contributed by atoms with Gasteiger partial charge in [-0.2, -0.15) is 0 Å². The Kier molecular flexibility index (Phi) is 5.52. The molecule has 5 heteroatoms. The maximum absolute atomic E-state index is 9.27. The second kappa shape index (κ2) is 6.42. The van der Waals surface area contributed by atoms with Crippen LogP contribution in [0.5, 0.6) is 0 Å². The zero-order chi connectivity index (χ0) is 12.1. The quantitative estimate of drug-likeness (QED) is 0.852. The van der Waals surface area contributed by atoms with Gasteiger partial charge in [0.15, 0.2) is 0 Å². The molecule has 90 valence electrons. The second-order valence-corrected chi connectivity index (χ2v) is 4.61. The van der Waals surface area contributed by atoms with Gasteiger partial charge < -0.3 is 10.2 Å². The Labute approximate surface area is 105 Å². The van der Waals surface area contributed by atoms with E-state index in [0.717, 1.165) is 5.56 Å². The van der Waals surface area contributed by atoms with Gasteiger partial charge in [0.25, 0.3) is 0 Å². The topological polar surface area (TPSA) is 43.7 Å². The van der Waals surface area contributed by atoms with Crippen molar-refractivity contribution >= 4 is 23.2 Å². The summed E-state index contributed by atoms with van der Waals surface area (Å²) in [7, 11) is 1.85. The molecule has 0 radical (unpaired) electrons. The Morgan fingerprint density at radius 3 is 2.62 bits per heavy atom. The van der Waals surface area contributed by atoms with Crippen LogP contribution in [0, 0.1) is 0 Å². The molecule has 0 amide bonds. The van der Waals surface area contributed by atoms with Gasteiger partial charge in [0.1, 0.15) is 0 Å². The van der Waals surface area contributed by atoms with Gasteiger partial charge in [0.2, 0.25) is 0 Å². The van der Waals surface area contributed by atoms with Crippen molar-refractivity contribution in [3.05, 3.63) is 33.8 Å². The number of aliphatic hydroxyl groups is 2. The predicted molar refractivity (Wildman–Crippen MR) is 65.9 cm³/mol. The van der Waals surface area contributed by atoms with Crippen LogP contribution in [0.2, 0.25) is 10.0 Å². The molecular formula is C11H15Cl2NO2. The van der Waals surface area contributed by atoms with Crippen molar-refractivity contribution in [2.75, 3.05) is 20.2 Å². The molecule has 1 aromatic rings. The number of rotatable bonds is 5. The number of halogens is 2. The van der Waals surface area contributed by atoms with E-state index in [-0.39, 0.29) is 6.61 Å². The molecule has 0 aliphatic heterocycles. The van der Waals surface area contributed by atoms with E-state index >= 15 is 0 Å². The van der Waals surface area contributed by atoms with Crippen molar-refractivity contribution in [1.29, 1.82) is 0 Å². The van der Waals surface area contributed by atoms with Gasteiger partial charge in [0.05, 0.1) is 12.7 Å². The van der Waals surface area contributed by atoms with Crippen molar-refractivity contribution in [1.82, 2.24) is 4.90 Å². The fourth-order valence-corrected chi connectivity index (χ4v) is 1.89. The summed E-state index contributed by atoms with van der Waals surface area (Å²) in [5, 5.41) is 19.2. The van der Waals surface area contributed by atoms with Crippen LogP contribution < -0.4 is 0 Å². The van der Waals surface area contributed by atoms with E-state index in [0.29, 0.717) is 23.1 Å². The lowest BCUT2D eigenvalue weighted by Crippen LogP contribution is -2.31. The fraction of sp³-hybridized carbons (Fsp3) is 0.455. The number of likely N-dealkylation sites (N-methyl/N-ethyl adjacent to an activating group) is 1. The fourth-order valence-electron chi connectivity index (χ4n) is 1.42. The lowest BCUT2D eigenvalue weighted by molar-refractivity contribution is 0.0648. The first-order chi connectivity index (χ1) is 7.52. The standard InChI is InChI=1S/C11H15Cl2NO2/c1-14(6-10(16)7-15)5-8-2-3-9(12)4-11(8)13/h2-4,10,15-16H,5-7H2,1H3.